The molecule has 0 bridgehead atoms. The summed E-state index contributed by atoms with van der Waals surface area (Å²) in [6.45, 7) is 1.15. The van der Waals surface area contributed by atoms with Gasteiger partial charge in [-0.3, -0.25) is 9.69 Å². The molecule has 3 N–H and O–H groups in total. The van der Waals surface area contributed by atoms with E-state index in [0.717, 1.165) is 12.1 Å². The minimum atomic E-state index is -0.152. The second-order valence-electron chi connectivity index (χ2n) is 4.90. The highest BCUT2D eigenvalue weighted by Gasteiger charge is 2.32. The van der Waals surface area contributed by atoms with Gasteiger partial charge in [0.2, 0.25) is 5.91 Å². The van der Waals surface area contributed by atoms with Crippen LogP contribution in [-0.4, -0.2) is 36.5 Å². The molecule has 1 aliphatic heterocycles. The van der Waals surface area contributed by atoms with Gasteiger partial charge in [-0.25, -0.2) is 0 Å². The van der Waals surface area contributed by atoms with Crippen molar-refractivity contribution in [1.29, 1.82) is 0 Å². The Morgan fingerprint density at radius 3 is 2.84 bits per heavy atom. The van der Waals surface area contributed by atoms with Gasteiger partial charge in [0.05, 0.1) is 6.04 Å². The molecule has 2 rings (SSSR count). The van der Waals surface area contributed by atoms with Crippen LogP contribution in [0, 0.1) is 0 Å². The summed E-state index contributed by atoms with van der Waals surface area (Å²) in [6, 6.07) is 5.16. The molecule has 1 heterocycles. The highest BCUT2D eigenvalue weighted by molar-refractivity contribution is 6.35. The molecule has 6 heteroatoms. The molecule has 1 aliphatic rings. The number of nitrogens with one attached hydrogen (secondary N) is 1. The summed E-state index contributed by atoms with van der Waals surface area (Å²) in [4.78, 5) is 14.1. The first-order chi connectivity index (χ1) is 8.97. The van der Waals surface area contributed by atoms with Crippen LogP contribution in [0.3, 0.4) is 0 Å². The Labute approximate surface area is 122 Å². The highest BCUT2D eigenvalue weighted by Crippen LogP contribution is 2.21. The van der Waals surface area contributed by atoms with Gasteiger partial charge in [0.15, 0.2) is 0 Å². The molecule has 0 saturated carbocycles. The number of carbonyl (C=O) groups is 1. The van der Waals surface area contributed by atoms with E-state index >= 15 is 0 Å². The van der Waals surface area contributed by atoms with E-state index < -0.39 is 0 Å². The molecule has 1 fully saturated rings. The average molecular weight is 302 g/mol. The van der Waals surface area contributed by atoms with Crippen molar-refractivity contribution >= 4 is 29.1 Å². The largest absolute Gasteiger partial charge is 0.351 e. The first kappa shape index (κ1) is 14.6. The number of likely N-dealkylation sites (N-methyl/N-ethyl adjacent to an activating group) is 1. The maximum absolute atomic E-state index is 12.1. The van der Waals surface area contributed by atoms with Crippen LogP contribution in [0.2, 0.25) is 10.0 Å². The van der Waals surface area contributed by atoms with Gasteiger partial charge in [0.1, 0.15) is 0 Å². The van der Waals surface area contributed by atoms with E-state index in [-0.39, 0.29) is 18.0 Å². The predicted molar refractivity (Wildman–Crippen MR) is 77.3 cm³/mol. The van der Waals surface area contributed by atoms with E-state index in [1.165, 1.54) is 0 Å². The molecule has 0 spiro atoms. The Balaban J connectivity index is 1.93. The van der Waals surface area contributed by atoms with Crippen molar-refractivity contribution in [2.45, 2.75) is 25.0 Å². The zero-order chi connectivity index (χ0) is 14.0. The van der Waals surface area contributed by atoms with Crippen LogP contribution < -0.4 is 11.1 Å². The molecule has 0 aliphatic carbocycles. The minimum Gasteiger partial charge on any atom is -0.351 e. The van der Waals surface area contributed by atoms with Crippen molar-refractivity contribution in [3.05, 3.63) is 33.8 Å². The Hall–Kier alpha value is -0.810. The number of amides is 1. The molecule has 0 unspecified atom stereocenters. The van der Waals surface area contributed by atoms with Crippen LogP contribution in [0.15, 0.2) is 18.2 Å². The maximum Gasteiger partial charge on any atom is 0.237 e. The molecule has 1 aromatic rings. The van der Waals surface area contributed by atoms with Crippen LogP contribution in [0.5, 0.6) is 0 Å². The highest BCUT2D eigenvalue weighted by atomic mass is 35.5. The van der Waals surface area contributed by atoms with Crippen LogP contribution in [0.25, 0.3) is 0 Å². The van der Waals surface area contributed by atoms with Gasteiger partial charge in [-0.15, -0.1) is 0 Å². The lowest BCUT2D eigenvalue weighted by Crippen LogP contribution is -2.41. The first-order valence-electron chi connectivity index (χ1n) is 6.15. The lowest BCUT2D eigenvalue weighted by molar-refractivity contribution is -0.125. The maximum atomic E-state index is 12.1. The van der Waals surface area contributed by atoms with E-state index in [1.807, 2.05) is 18.0 Å². The van der Waals surface area contributed by atoms with E-state index in [1.54, 1.807) is 12.1 Å². The van der Waals surface area contributed by atoms with Crippen molar-refractivity contribution in [1.82, 2.24) is 10.2 Å². The van der Waals surface area contributed by atoms with Gasteiger partial charge in [-0.05, 0) is 31.2 Å². The molecule has 0 aromatic heterocycles. The quantitative estimate of drug-likeness (QED) is 0.892. The van der Waals surface area contributed by atoms with Crippen molar-refractivity contribution in [3.8, 4) is 0 Å². The van der Waals surface area contributed by atoms with E-state index in [2.05, 4.69) is 5.32 Å². The minimum absolute atomic E-state index is 0.0125. The molecule has 104 valence electrons. The molecule has 1 amide bonds. The number of benzene rings is 1. The molecule has 4 nitrogen and oxygen atoms in total. The number of likely N-dealkylation sites (tertiary alicyclic amines) is 1. The van der Waals surface area contributed by atoms with Crippen molar-refractivity contribution < 1.29 is 4.79 Å². The molecule has 2 atom stereocenters. The smallest absolute Gasteiger partial charge is 0.237 e. The molecule has 1 aromatic carbocycles. The lowest BCUT2D eigenvalue weighted by atomic mass is 10.1. The number of nitrogens with zero attached hydrogens (tertiary/aromatic N) is 1. The molecule has 19 heavy (non-hydrogen) atoms. The van der Waals surface area contributed by atoms with Crippen LogP contribution >= 0.6 is 23.2 Å². The molecular formula is C13H17Cl2N3O. The lowest BCUT2D eigenvalue weighted by Gasteiger charge is -2.18. The Morgan fingerprint density at radius 1 is 1.53 bits per heavy atom. The van der Waals surface area contributed by atoms with E-state index in [0.29, 0.717) is 23.0 Å². The summed E-state index contributed by atoms with van der Waals surface area (Å²) in [5, 5.41) is 4.03. The third-order valence-corrected chi connectivity index (χ3v) is 3.94. The summed E-state index contributed by atoms with van der Waals surface area (Å²) in [7, 11) is 1.91. The van der Waals surface area contributed by atoms with Gasteiger partial charge >= 0.3 is 0 Å². The fraction of sp³-hybridized carbons (Fsp3) is 0.462. The number of hydrogen-bond acceptors (Lipinski definition) is 3. The number of nitrogens with two attached hydrogens (primary N) is 1. The van der Waals surface area contributed by atoms with Gasteiger partial charge < -0.3 is 11.1 Å². The summed E-state index contributed by atoms with van der Waals surface area (Å²) >= 11 is 11.9. The Bertz CT molecular complexity index is 481. The molecule has 0 radical (unpaired) electrons. The predicted octanol–water partition coefficient (Wildman–Crippen LogP) is 1.64. The van der Waals surface area contributed by atoms with Crippen LogP contribution in [0.1, 0.15) is 12.0 Å². The number of halogens is 2. The van der Waals surface area contributed by atoms with Gasteiger partial charge in [-0.1, -0.05) is 29.3 Å². The SMILES string of the molecule is CN1C[C@@H](N)C[C@H]1C(=O)NCc1ccc(Cl)cc1Cl. The topological polar surface area (TPSA) is 58.4 Å². The average Bonchev–Trinajstić information content (AvgIpc) is 2.67. The summed E-state index contributed by atoms with van der Waals surface area (Å²) in [5.41, 5.74) is 6.70. The fourth-order valence-corrected chi connectivity index (χ4v) is 2.79. The zero-order valence-corrected chi connectivity index (χ0v) is 12.2. The fourth-order valence-electron chi connectivity index (χ4n) is 2.31. The van der Waals surface area contributed by atoms with Crippen molar-refractivity contribution in [2.24, 2.45) is 5.73 Å². The summed E-state index contributed by atoms with van der Waals surface area (Å²) in [5.74, 6) is -0.0125. The summed E-state index contributed by atoms with van der Waals surface area (Å²) < 4.78 is 0. The van der Waals surface area contributed by atoms with Gasteiger partial charge in [0, 0.05) is 29.2 Å². The molecular weight excluding hydrogens is 285 g/mol. The van der Waals surface area contributed by atoms with Crippen LogP contribution in [-0.2, 0) is 11.3 Å². The number of rotatable bonds is 3. The van der Waals surface area contributed by atoms with E-state index in [4.69, 9.17) is 28.9 Å². The standard InChI is InChI=1S/C13H17Cl2N3O/c1-18-7-10(16)5-12(18)13(19)17-6-8-2-3-9(14)4-11(8)15/h2-4,10,12H,5-7,16H2,1H3,(H,17,19)/t10-,12-/m0/s1. The Kier molecular flexibility index (Phi) is 4.68. The number of hydrogen-bond donors (Lipinski definition) is 2. The van der Waals surface area contributed by atoms with Crippen molar-refractivity contribution in [3.63, 3.8) is 0 Å². The monoisotopic (exact) mass is 301 g/mol. The third kappa shape index (κ3) is 3.60. The second-order valence-corrected chi connectivity index (χ2v) is 5.75. The molecule has 1 saturated heterocycles. The van der Waals surface area contributed by atoms with Gasteiger partial charge in [0.25, 0.3) is 0 Å². The third-order valence-electron chi connectivity index (χ3n) is 3.35. The van der Waals surface area contributed by atoms with E-state index in [9.17, 15) is 4.79 Å². The second kappa shape index (κ2) is 6.09. The number of carbonyl (C=O) groups excluding carboxylic acids is 1. The van der Waals surface area contributed by atoms with Crippen molar-refractivity contribution in [2.75, 3.05) is 13.6 Å². The van der Waals surface area contributed by atoms with Crippen LogP contribution in [0.4, 0.5) is 0 Å². The zero-order valence-electron chi connectivity index (χ0n) is 10.7. The Morgan fingerprint density at radius 2 is 2.26 bits per heavy atom. The van der Waals surface area contributed by atoms with Gasteiger partial charge in [-0.2, -0.15) is 0 Å². The summed E-state index contributed by atoms with van der Waals surface area (Å²) in [6.07, 6.45) is 0.691. The first-order valence-corrected chi connectivity index (χ1v) is 6.90. The normalized spacial score (nSPS) is 23.6.